The Morgan fingerprint density at radius 2 is 1.72 bits per heavy atom. The first-order valence-corrected chi connectivity index (χ1v) is 11.7. The smallest absolute Gasteiger partial charge is 0.315 e. The zero-order valence-corrected chi connectivity index (χ0v) is 19.6. The molecule has 0 aromatic heterocycles. The second kappa shape index (κ2) is 12.5. The molecule has 0 bridgehead atoms. The Kier molecular flexibility index (Phi) is 9.38. The molecular weight excluding hydrogens is 402 g/mol. The van der Waals surface area contributed by atoms with Crippen molar-refractivity contribution in [2.45, 2.75) is 58.8 Å². The normalized spacial score (nSPS) is 15.4. The van der Waals surface area contributed by atoms with Crippen molar-refractivity contribution in [2.75, 3.05) is 26.3 Å². The lowest BCUT2D eigenvalue weighted by Crippen LogP contribution is -2.41. The molecule has 1 saturated heterocycles. The second-order valence-corrected chi connectivity index (χ2v) is 8.73. The van der Waals surface area contributed by atoms with Crippen LogP contribution in [0, 0.1) is 0 Å². The van der Waals surface area contributed by atoms with Crippen LogP contribution in [0.5, 0.6) is 5.75 Å². The van der Waals surface area contributed by atoms with E-state index in [9.17, 15) is 4.79 Å². The van der Waals surface area contributed by atoms with Crippen molar-refractivity contribution < 1.29 is 14.3 Å². The topological polar surface area (TPSA) is 62.8 Å². The Morgan fingerprint density at radius 1 is 1.03 bits per heavy atom. The van der Waals surface area contributed by atoms with Gasteiger partial charge in [0.15, 0.2) is 0 Å². The number of benzene rings is 2. The van der Waals surface area contributed by atoms with Gasteiger partial charge in [0.1, 0.15) is 5.75 Å². The van der Waals surface area contributed by atoms with E-state index in [1.165, 1.54) is 11.1 Å². The van der Waals surface area contributed by atoms with Crippen LogP contribution in [0.3, 0.4) is 0 Å². The summed E-state index contributed by atoms with van der Waals surface area (Å²) >= 11 is 0. The largest absolute Gasteiger partial charge is 0.491 e. The minimum Gasteiger partial charge on any atom is -0.491 e. The number of carbonyl (C=O) groups excluding carboxylic acids is 1. The van der Waals surface area contributed by atoms with E-state index in [2.05, 4.69) is 45.9 Å². The maximum absolute atomic E-state index is 12.4. The number of carbonyl (C=O) groups is 1. The summed E-state index contributed by atoms with van der Waals surface area (Å²) in [5, 5.41) is 6.08. The SMILES string of the molecule is CC(CCc1ccc(OC(C)C)cc1)NC(=O)NCc1ccccc1CN1CCOCC1. The summed E-state index contributed by atoms with van der Waals surface area (Å²) in [6.07, 6.45) is 1.96. The zero-order chi connectivity index (χ0) is 22.8. The molecule has 6 nitrogen and oxygen atoms in total. The van der Waals surface area contributed by atoms with E-state index in [1.54, 1.807) is 0 Å². The van der Waals surface area contributed by atoms with Gasteiger partial charge in [0.05, 0.1) is 19.3 Å². The van der Waals surface area contributed by atoms with Crippen LogP contribution < -0.4 is 15.4 Å². The molecule has 2 amide bonds. The molecule has 1 heterocycles. The van der Waals surface area contributed by atoms with Gasteiger partial charge in [0.2, 0.25) is 0 Å². The third kappa shape index (κ3) is 8.17. The van der Waals surface area contributed by atoms with Crippen molar-refractivity contribution in [3.63, 3.8) is 0 Å². The van der Waals surface area contributed by atoms with E-state index in [-0.39, 0.29) is 18.2 Å². The van der Waals surface area contributed by atoms with Gasteiger partial charge < -0.3 is 20.1 Å². The van der Waals surface area contributed by atoms with Crippen molar-refractivity contribution >= 4 is 6.03 Å². The number of nitrogens with zero attached hydrogens (tertiary/aromatic N) is 1. The third-order valence-corrected chi connectivity index (χ3v) is 5.59. The minimum atomic E-state index is -0.126. The van der Waals surface area contributed by atoms with E-state index in [0.717, 1.165) is 57.0 Å². The lowest BCUT2D eigenvalue weighted by Gasteiger charge is -2.27. The molecule has 174 valence electrons. The molecular formula is C26H37N3O3. The van der Waals surface area contributed by atoms with Gasteiger partial charge in [-0.05, 0) is 62.4 Å². The second-order valence-electron chi connectivity index (χ2n) is 8.73. The van der Waals surface area contributed by atoms with Gasteiger partial charge in [-0.15, -0.1) is 0 Å². The van der Waals surface area contributed by atoms with Crippen LogP contribution in [0.2, 0.25) is 0 Å². The van der Waals surface area contributed by atoms with Crippen molar-refractivity contribution in [3.8, 4) is 5.75 Å². The van der Waals surface area contributed by atoms with Crippen molar-refractivity contribution in [1.29, 1.82) is 0 Å². The summed E-state index contributed by atoms with van der Waals surface area (Å²) in [5.41, 5.74) is 3.66. The molecule has 1 unspecified atom stereocenters. The van der Waals surface area contributed by atoms with Crippen molar-refractivity contribution in [3.05, 3.63) is 65.2 Å². The number of amides is 2. The number of hydrogen-bond acceptors (Lipinski definition) is 4. The monoisotopic (exact) mass is 439 g/mol. The summed E-state index contributed by atoms with van der Waals surface area (Å²) in [6, 6.07) is 16.5. The molecule has 0 aliphatic carbocycles. The minimum absolute atomic E-state index is 0.0881. The van der Waals surface area contributed by atoms with E-state index in [0.29, 0.717) is 6.54 Å². The van der Waals surface area contributed by atoms with Crippen molar-refractivity contribution in [2.24, 2.45) is 0 Å². The lowest BCUT2D eigenvalue weighted by atomic mass is 10.1. The van der Waals surface area contributed by atoms with Crippen molar-refractivity contribution in [1.82, 2.24) is 15.5 Å². The van der Waals surface area contributed by atoms with Crippen LogP contribution in [0.25, 0.3) is 0 Å². The predicted molar refractivity (Wildman–Crippen MR) is 128 cm³/mol. The molecule has 3 rings (SSSR count). The van der Waals surface area contributed by atoms with E-state index in [4.69, 9.17) is 9.47 Å². The predicted octanol–water partition coefficient (Wildman–Crippen LogP) is 4.13. The fraction of sp³-hybridized carbons (Fsp3) is 0.500. The number of ether oxygens (including phenoxy) is 2. The van der Waals surface area contributed by atoms with Gasteiger partial charge in [-0.3, -0.25) is 4.90 Å². The standard InChI is InChI=1S/C26H37N3O3/c1-20(2)32-25-12-10-22(11-13-25)9-8-21(3)28-26(30)27-18-23-6-4-5-7-24(23)19-29-14-16-31-17-15-29/h4-7,10-13,20-21H,8-9,14-19H2,1-3H3,(H2,27,28,30). The molecule has 2 N–H and O–H groups in total. The molecule has 32 heavy (non-hydrogen) atoms. The van der Waals surface area contributed by atoms with Gasteiger partial charge in [-0.25, -0.2) is 4.79 Å². The molecule has 0 radical (unpaired) electrons. The Labute approximate surface area is 192 Å². The fourth-order valence-corrected chi connectivity index (χ4v) is 3.80. The Balaban J connectivity index is 1.41. The molecule has 0 saturated carbocycles. The summed E-state index contributed by atoms with van der Waals surface area (Å²) in [4.78, 5) is 14.8. The number of aryl methyl sites for hydroxylation is 1. The molecule has 2 aromatic rings. The Morgan fingerprint density at radius 3 is 2.41 bits per heavy atom. The number of morpholine rings is 1. The van der Waals surface area contributed by atoms with Crippen LogP contribution >= 0.6 is 0 Å². The van der Waals surface area contributed by atoms with Crippen LogP contribution in [0.4, 0.5) is 4.79 Å². The first kappa shape index (κ1) is 24.1. The number of hydrogen-bond donors (Lipinski definition) is 2. The summed E-state index contributed by atoms with van der Waals surface area (Å²) in [7, 11) is 0. The van der Waals surface area contributed by atoms with Gasteiger partial charge in [0.25, 0.3) is 0 Å². The fourth-order valence-electron chi connectivity index (χ4n) is 3.80. The average Bonchev–Trinajstić information content (AvgIpc) is 2.78. The Bertz CT molecular complexity index is 832. The molecule has 6 heteroatoms. The molecule has 1 fully saturated rings. The van der Waals surface area contributed by atoms with E-state index in [1.807, 2.05) is 39.0 Å². The summed E-state index contributed by atoms with van der Waals surface area (Å²) < 4.78 is 11.1. The first-order valence-electron chi connectivity index (χ1n) is 11.7. The number of rotatable bonds is 10. The molecule has 1 aliphatic heterocycles. The quantitative estimate of drug-likeness (QED) is 0.584. The van der Waals surface area contributed by atoms with Crippen LogP contribution in [0.1, 0.15) is 43.9 Å². The highest BCUT2D eigenvalue weighted by Crippen LogP contribution is 2.16. The van der Waals surface area contributed by atoms with Crippen LogP contribution in [-0.4, -0.2) is 49.4 Å². The van der Waals surface area contributed by atoms with Gasteiger partial charge in [-0.1, -0.05) is 36.4 Å². The maximum Gasteiger partial charge on any atom is 0.315 e. The average molecular weight is 440 g/mol. The summed E-state index contributed by atoms with van der Waals surface area (Å²) in [5.74, 6) is 0.892. The highest BCUT2D eigenvalue weighted by Gasteiger charge is 2.13. The zero-order valence-electron chi connectivity index (χ0n) is 19.6. The highest BCUT2D eigenvalue weighted by atomic mass is 16.5. The van der Waals surface area contributed by atoms with Gasteiger partial charge in [-0.2, -0.15) is 0 Å². The molecule has 2 aromatic carbocycles. The summed E-state index contributed by atoms with van der Waals surface area (Å²) in [6.45, 7) is 11.0. The molecule has 1 atom stereocenters. The van der Waals surface area contributed by atoms with Crippen LogP contribution in [0.15, 0.2) is 48.5 Å². The number of urea groups is 1. The maximum atomic E-state index is 12.4. The van der Waals surface area contributed by atoms with Crippen LogP contribution in [-0.2, 0) is 24.2 Å². The van der Waals surface area contributed by atoms with E-state index < -0.39 is 0 Å². The van der Waals surface area contributed by atoms with E-state index >= 15 is 0 Å². The third-order valence-electron chi connectivity index (χ3n) is 5.59. The number of nitrogens with one attached hydrogen (secondary N) is 2. The highest BCUT2D eigenvalue weighted by molar-refractivity contribution is 5.74. The van der Waals surface area contributed by atoms with Gasteiger partial charge >= 0.3 is 6.03 Å². The molecule has 0 spiro atoms. The molecule has 1 aliphatic rings. The lowest BCUT2D eigenvalue weighted by molar-refractivity contribution is 0.0341. The Hall–Kier alpha value is -2.57. The first-order chi connectivity index (χ1) is 15.5. The van der Waals surface area contributed by atoms with Gasteiger partial charge in [0, 0.05) is 32.2 Å².